The van der Waals surface area contributed by atoms with E-state index in [0.717, 1.165) is 29.6 Å². The maximum atomic E-state index is 4.38. The number of aromatic nitrogens is 3. The van der Waals surface area contributed by atoms with E-state index in [-0.39, 0.29) is 0 Å². The van der Waals surface area contributed by atoms with Gasteiger partial charge in [-0.25, -0.2) is 0 Å². The fraction of sp³-hybridized carbons (Fsp3) is 0.842. The van der Waals surface area contributed by atoms with Gasteiger partial charge in [0.1, 0.15) is 5.82 Å². The fourth-order valence-electron chi connectivity index (χ4n) is 4.13. The molecule has 1 aromatic heterocycles. The number of aliphatic imine (C=N–C) groups is 1. The van der Waals surface area contributed by atoms with Crippen molar-refractivity contribution in [3.8, 4) is 0 Å². The van der Waals surface area contributed by atoms with E-state index in [9.17, 15) is 0 Å². The number of hydrogen-bond donors (Lipinski definition) is 2. The number of hydrogen-bond acceptors (Lipinski definition) is 4. The third-order valence-corrected chi connectivity index (χ3v) is 6.19. The summed E-state index contributed by atoms with van der Waals surface area (Å²) in [4.78, 5) is 7.11. The zero-order chi connectivity index (χ0) is 18.5. The predicted octanol–water partition coefficient (Wildman–Crippen LogP) is 1.83. The van der Waals surface area contributed by atoms with Crippen LogP contribution in [-0.2, 0) is 13.6 Å². The van der Waals surface area contributed by atoms with E-state index in [0.29, 0.717) is 12.6 Å². The molecule has 1 saturated carbocycles. The van der Waals surface area contributed by atoms with Crippen molar-refractivity contribution >= 4 is 5.96 Å². The minimum Gasteiger partial charge on any atom is -0.354 e. The highest BCUT2D eigenvalue weighted by molar-refractivity contribution is 5.79. The van der Waals surface area contributed by atoms with Gasteiger partial charge < -0.3 is 20.1 Å². The van der Waals surface area contributed by atoms with Gasteiger partial charge in [0.15, 0.2) is 11.8 Å². The zero-order valence-electron chi connectivity index (χ0n) is 16.8. The van der Waals surface area contributed by atoms with Crippen molar-refractivity contribution in [1.29, 1.82) is 0 Å². The largest absolute Gasteiger partial charge is 0.354 e. The smallest absolute Gasteiger partial charge is 0.191 e. The van der Waals surface area contributed by atoms with E-state index in [1.165, 1.54) is 51.6 Å². The molecule has 0 unspecified atom stereocenters. The molecular weight excluding hydrogens is 326 g/mol. The number of nitrogens with one attached hydrogen (secondary N) is 2. The summed E-state index contributed by atoms with van der Waals surface area (Å²) in [6.07, 6.45) is 7.78. The van der Waals surface area contributed by atoms with Gasteiger partial charge in [-0.1, -0.05) is 6.92 Å². The van der Waals surface area contributed by atoms with Crippen molar-refractivity contribution in [3.63, 3.8) is 0 Å². The lowest BCUT2D eigenvalue weighted by Crippen LogP contribution is -2.48. The van der Waals surface area contributed by atoms with Gasteiger partial charge in [0.2, 0.25) is 0 Å². The molecule has 1 aliphatic carbocycles. The average Bonchev–Trinajstić information content (AvgIpc) is 2.98. The molecule has 2 N–H and O–H groups in total. The second-order valence-corrected chi connectivity index (χ2v) is 8.02. The lowest BCUT2D eigenvalue weighted by atomic mass is 9.88. The molecule has 2 aliphatic rings. The molecule has 0 bridgehead atoms. The Bertz CT molecular complexity index is 593. The van der Waals surface area contributed by atoms with Gasteiger partial charge in [-0.3, -0.25) is 4.99 Å². The minimum absolute atomic E-state index is 0.516. The minimum atomic E-state index is 0.516. The van der Waals surface area contributed by atoms with E-state index in [1.807, 2.05) is 25.6 Å². The van der Waals surface area contributed by atoms with Crippen LogP contribution in [0.1, 0.15) is 57.1 Å². The number of aryl methyl sites for hydroxylation is 1. The maximum Gasteiger partial charge on any atom is 0.191 e. The van der Waals surface area contributed by atoms with Crippen molar-refractivity contribution in [2.24, 2.45) is 18.0 Å². The predicted molar refractivity (Wildman–Crippen MR) is 105 cm³/mol. The van der Waals surface area contributed by atoms with E-state index >= 15 is 0 Å². The van der Waals surface area contributed by atoms with Gasteiger partial charge in [0.25, 0.3) is 0 Å². The maximum absolute atomic E-state index is 4.38. The highest BCUT2D eigenvalue weighted by atomic mass is 15.3. The summed E-state index contributed by atoms with van der Waals surface area (Å²) in [6, 6.07) is 1.31. The second-order valence-electron chi connectivity index (χ2n) is 8.02. The summed E-state index contributed by atoms with van der Waals surface area (Å²) in [5.74, 6) is 3.63. The summed E-state index contributed by atoms with van der Waals surface area (Å²) in [5, 5.41) is 15.3. The van der Waals surface area contributed by atoms with Gasteiger partial charge in [-0.15, -0.1) is 10.2 Å². The topological polar surface area (TPSA) is 70.4 Å². The Morgan fingerprint density at radius 1 is 1.12 bits per heavy atom. The van der Waals surface area contributed by atoms with Gasteiger partial charge in [0, 0.05) is 26.2 Å². The van der Waals surface area contributed by atoms with Crippen molar-refractivity contribution in [2.45, 2.75) is 71.0 Å². The first-order valence-corrected chi connectivity index (χ1v) is 10.1. The van der Waals surface area contributed by atoms with Crippen LogP contribution in [0.5, 0.6) is 0 Å². The van der Waals surface area contributed by atoms with Crippen LogP contribution in [0.15, 0.2) is 4.99 Å². The number of guanidine groups is 1. The Kier molecular flexibility index (Phi) is 6.51. The highest BCUT2D eigenvalue weighted by Crippen LogP contribution is 2.27. The number of likely N-dealkylation sites (tertiary alicyclic amines) is 1. The summed E-state index contributed by atoms with van der Waals surface area (Å²) >= 11 is 0. The summed E-state index contributed by atoms with van der Waals surface area (Å²) in [7, 11) is 3.82. The van der Waals surface area contributed by atoms with Crippen LogP contribution < -0.4 is 10.6 Å². The van der Waals surface area contributed by atoms with Crippen LogP contribution in [0, 0.1) is 12.8 Å². The van der Waals surface area contributed by atoms with Gasteiger partial charge in [-0.05, 0) is 64.5 Å². The molecule has 1 saturated heterocycles. The van der Waals surface area contributed by atoms with Crippen molar-refractivity contribution < 1.29 is 0 Å². The molecule has 7 heteroatoms. The van der Waals surface area contributed by atoms with Crippen molar-refractivity contribution in [1.82, 2.24) is 30.3 Å². The van der Waals surface area contributed by atoms with E-state index in [4.69, 9.17) is 0 Å². The first kappa shape index (κ1) is 19.1. The van der Waals surface area contributed by atoms with E-state index in [1.54, 1.807) is 0 Å². The molecule has 0 spiro atoms. The Hall–Kier alpha value is -1.63. The molecule has 1 aliphatic heterocycles. The van der Waals surface area contributed by atoms with Crippen LogP contribution in [0.4, 0.5) is 0 Å². The monoisotopic (exact) mass is 361 g/mol. The van der Waals surface area contributed by atoms with Gasteiger partial charge >= 0.3 is 0 Å². The first-order chi connectivity index (χ1) is 12.6. The highest BCUT2D eigenvalue weighted by Gasteiger charge is 2.28. The number of nitrogens with zero attached hydrogens (tertiary/aromatic N) is 5. The molecule has 0 aromatic carbocycles. The first-order valence-electron chi connectivity index (χ1n) is 10.1. The Morgan fingerprint density at radius 3 is 2.38 bits per heavy atom. The standard InChI is InChI=1S/C19H35N7/c1-14-9-11-26(12-10-14)17-7-5-16(6-8-17)22-19(20-3)21-13-18-24-23-15(2)25(18)4/h14,16-17H,5-13H2,1-4H3,(H2,20,21,22). The molecule has 2 heterocycles. The summed E-state index contributed by atoms with van der Waals surface area (Å²) < 4.78 is 2.00. The van der Waals surface area contributed by atoms with Gasteiger partial charge in [0.05, 0.1) is 6.54 Å². The summed E-state index contributed by atoms with van der Waals surface area (Å²) in [5.41, 5.74) is 0. The van der Waals surface area contributed by atoms with Crippen LogP contribution >= 0.6 is 0 Å². The zero-order valence-corrected chi connectivity index (χ0v) is 16.8. The third kappa shape index (κ3) is 4.75. The molecular formula is C19H35N7. The number of piperidine rings is 1. The molecule has 0 amide bonds. The molecule has 1 aromatic rings. The van der Waals surface area contributed by atoms with Crippen LogP contribution in [-0.4, -0.2) is 57.8 Å². The fourth-order valence-corrected chi connectivity index (χ4v) is 4.13. The van der Waals surface area contributed by atoms with Crippen LogP contribution in [0.3, 0.4) is 0 Å². The van der Waals surface area contributed by atoms with Crippen molar-refractivity contribution in [2.75, 3.05) is 20.1 Å². The van der Waals surface area contributed by atoms with Crippen LogP contribution in [0.2, 0.25) is 0 Å². The SMILES string of the molecule is CN=C(NCc1nnc(C)n1C)NC1CCC(N2CCC(C)CC2)CC1. The Labute approximate surface area is 157 Å². The molecule has 0 radical (unpaired) electrons. The Morgan fingerprint density at radius 2 is 1.81 bits per heavy atom. The average molecular weight is 362 g/mol. The third-order valence-electron chi connectivity index (χ3n) is 6.19. The molecule has 7 nitrogen and oxygen atoms in total. The lowest BCUT2D eigenvalue weighted by Gasteiger charge is -2.40. The number of rotatable bonds is 4. The molecule has 3 rings (SSSR count). The normalized spacial score (nSPS) is 26.1. The Balaban J connectivity index is 1.42. The molecule has 26 heavy (non-hydrogen) atoms. The van der Waals surface area contributed by atoms with Gasteiger partial charge in [-0.2, -0.15) is 0 Å². The van der Waals surface area contributed by atoms with E-state index < -0.39 is 0 Å². The summed E-state index contributed by atoms with van der Waals surface area (Å²) in [6.45, 7) is 7.58. The lowest BCUT2D eigenvalue weighted by molar-refractivity contribution is 0.105. The molecule has 146 valence electrons. The van der Waals surface area contributed by atoms with E-state index in [2.05, 4.69) is 37.6 Å². The molecule has 2 fully saturated rings. The molecule has 0 atom stereocenters. The van der Waals surface area contributed by atoms with Crippen LogP contribution in [0.25, 0.3) is 0 Å². The second kappa shape index (κ2) is 8.84. The quantitative estimate of drug-likeness (QED) is 0.632. The van der Waals surface area contributed by atoms with Crippen molar-refractivity contribution in [3.05, 3.63) is 11.6 Å².